The van der Waals surface area contributed by atoms with Gasteiger partial charge in [-0.2, -0.15) is 13.2 Å². The lowest BCUT2D eigenvalue weighted by atomic mass is 10.1. The summed E-state index contributed by atoms with van der Waals surface area (Å²) in [5.74, 6) is -0.618. The van der Waals surface area contributed by atoms with E-state index in [0.29, 0.717) is 19.5 Å². The molecule has 1 amide bonds. The van der Waals surface area contributed by atoms with Crippen LogP contribution in [0.2, 0.25) is 0 Å². The molecule has 3 nitrogen and oxygen atoms in total. The highest BCUT2D eigenvalue weighted by Crippen LogP contribution is 2.34. The molecule has 0 bridgehead atoms. The molecular formula is C12H12BrF3N2O. The average molecular weight is 337 g/mol. The van der Waals surface area contributed by atoms with Crippen molar-refractivity contribution in [3.05, 3.63) is 33.8 Å². The molecule has 2 N–H and O–H groups in total. The van der Waals surface area contributed by atoms with Crippen molar-refractivity contribution in [2.75, 3.05) is 13.1 Å². The molecule has 1 aromatic rings. The molecule has 1 aliphatic heterocycles. The van der Waals surface area contributed by atoms with E-state index in [9.17, 15) is 18.0 Å². The van der Waals surface area contributed by atoms with Gasteiger partial charge in [-0.1, -0.05) is 15.9 Å². The first-order valence-corrected chi connectivity index (χ1v) is 6.50. The maximum Gasteiger partial charge on any atom is 0.417 e. The lowest BCUT2D eigenvalue weighted by Gasteiger charge is -2.19. The molecule has 1 heterocycles. The van der Waals surface area contributed by atoms with E-state index in [1.165, 1.54) is 17.0 Å². The minimum atomic E-state index is -4.56. The van der Waals surface area contributed by atoms with Crippen molar-refractivity contribution in [2.45, 2.75) is 18.6 Å². The normalized spacial score (nSPS) is 19.8. The van der Waals surface area contributed by atoms with Crippen molar-refractivity contribution < 1.29 is 18.0 Å². The number of amides is 1. The third-order valence-electron chi connectivity index (χ3n) is 3.03. The number of alkyl halides is 3. The molecule has 19 heavy (non-hydrogen) atoms. The van der Waals surface area contributed by atoms with Crippen LogP contribution in [0.15, 0.2) is 22.7 Å². The van der Waals surface area contributed by atoms with Crippen LogP contribution in [0.25, 0.3) is 0 Å². The molecule has 7 heteroatoms. The standard InChI is InChI=1S/C12H12BrF3N2O/c13-7-1-2-9(10(5-7)12(14,15)16)11(19)18-4-3-8(17)6-18/h1-2,5,8H,3-4,6,17H2/t8-/m1/s1. The van der Waals surface area contributed by atoms with Crippen molar-refractivity contribution in [1.82, 2.24) is 4.90 Å². The summed E-state index contributed by atoms with van der Waals surface area (Å²) < 4.78 is 39.1. The van der Waals surface area contributed by atoms with Crippen LogP contribution in [0, 0.1) is 0 Å². The molecule has 1 aromatic carbocycles. The van der Waals surface area contributed by atoms with Crippen LogP contribution in [0.5, 0.6) is 0 Å². The first-order valence-electron chi connectivity index (χ1n) is 5.70. The van der Waals surface area contributed by atoms with E-state index in [2.05, 4.69) is 15.9 Å². The van der Waals surface area contributed by atoms with Gasteiger partial charge >= 0.3 is 6.18 Å². The minimum absolute atomic E-state index is 0.159. The molecule has 0 saturated carbocycles. The number of rotatable bonds is 1. The zero-order valence-corrected chi connectivity index (χ0v) is 11.5. The number of nitrogens with zero attached hydrogens (tertiary/aromatic N) is 1. The highest BCUT2D eigenvalue weighted by atomic mass is 79.9. The summed E-state index contributed by atoms with van der Waals surface area (Å²) in [6.07, 6.45) is -3.94. The molecule has 2 rings (SSSR count). The number of hydrogen-bond donors (Lipinski definition) is 1. The fourth-order valence-corrected chi connectivity index (χ4v) is 2.44. The van der Waals surface area contributed by atoms with Gasteiger partial charge in [0.05, 0.1) is 11.1 Å². The Morgan fingerprint density at radius 2 is 2.11 bits per heavy atom. The van der Waals surface area contributed by atoms with E-state index in [4.69, 9.17) is 5.73 Å². The van der Waals surface area contributed by atoms with Gasteiger partial charge < -0.3 is 10.6 Å². The number of carbonyl (C=O) groups excluding carboxylic acids is 1. The summed E-state index contributed by atoms with van der Waals surface area (Å²) in [4.78, 5) is 13.5. The molecule has 0 aliphatic carbocycles. The highest BCUT2D eigenvalue weighted by molar-refractivity contribution is 9.10. The summed E-state index contributed by atoms with van der Waals surface area (Å²) >= 11 is 2.99. The Hall–Kier alpha value is -1.08. The van der Waals surface area contributed by atoms with Crippen LogP contribution in [0.4, 0.5) is 13.2 Å². The van der Waals surface area contributed by atoms with Crippen LogP contribution in [-0.2, 0) is 6.18 Å². The molecule has 0 aromatic heterocycles. The lowest BCUT2D eigenvalue weighted by Crippen LogP contribution is -2.33. The van der Waals surface area contributed by atoms with Crippen LogP contribution in [0.1, 0.15) is 22.3 Å². The molecule has 104 valence electrons. The second kappa shape index (κ2) is 5.13. The Morgan fingerprint density at radius 3 is 2.63 bits per heavy atom. The number of nitrogens with two attached hydrogens (primary N) is 1. The minimum Gasteiger partial charge on any atom is -0.337 e. The van der Waals surface area contributed by atoms with Crippen LogP contribution < -0.4 is 5.73 Å². The van der Waals surface area contributed by atoms with Crippen LogP contribution in [-0.4, -0.2) is 29.9 Å². The van der Waals surface area contributed by atoms with Gasteiger partial charge in [0.1, 0.15) is 0 Å². The highest BCUT2D eigenvalue weighted by Gasteiger charge is 2.37. The Kier molecular flexibility index (Phi) is 3.87. The second-order valence-corrected chi connectivity index (χ2v) is 5.40. The third kappa shape index (κ3) is 3.09. The van der Waals surface area contributed by atoms with E-state index < -0.39 is 17.6 Å². The Morgan fingerprint density at radius 1 is 1.42 bits per heavy atom. The number of likely N-dealkylation sites (tertiary alicyclic amines) is 1. The predicted molar refractivity (Wildman–Crippen MR) is 67.6 cm³/mol. The average Bonchev–Trinajstić information content (AvgIpc) is 2.74. The first kappa shape index (κ1) is 14.3. The number of halogens is 4. The van der Waals surface area contributed by atoms with Crippen LogP contribution >= 0.6 is 15.9 Å². The van der Waals surface area contributed by atoms with E-state index in [1.807, 2.05) is 0 Å². The molecule has 1 saturated heterocycles. The molecule has 0 spiro atoms. The van der Waals surface area contributed by atoms with E-state index in [-0.39, 0.29) is 16.1 Å². The Labute approximate surface area is 116 Å². The maximum absolute atomic E-state index is 12.9. The van der Waals surface area contributed by atoms with Gasteiger partial charge in [0.2, 0.25) is 0 Å². The Bertz CT molecular complexity index is 504. The molecule has 0 unspecified atom stereocenters. The van der Waals surface area contributed by atoms with Crippen molar-refractivity contribution in [2.24, 2.45) is 5.73 Å². The van der Waals surface area contributed by atoms with E-state index in [0.717, 1.165) is 6.07 Å². The largest absolute Gasteiger partial charge is 0.417 e. The summed E-state index contributed by atoms with van der Waals surface area (Å²) in [7, 11) is 0. The maximum atomic E-state index is 12.9. The van der Waals surface area contributed by atoms with Gasteiger partial charge in [0.15, 0.2) is 0 Å². The smallest absolute Gasteiger partial charge is 0.337 e. The molecular weight excluding hydrogens is 325 g/mol. The van der Waals surface area contributed by atoms with E-state index in [1.54, 1.807) is 0 Å². The van der Waals surface area contributed by atoms with Gasteiger partial charge in [-0.05, 0) is 24.6 Å². The monoisotopic (exact) mass is 336 g/mol. The third-order valence-corrected chi connectivity index (χ3v) is 3.52. The van der Waals surface area contributed by atoms with Gasteiger partial charge in [-0.25, -0.2) is 0 Å². The summed E-state index contributed by atoms with van der Waals surface area (Å²) in [5, 5.41) is 0. The van der Waals surface area contributed by atoms with Crippen LogP contribution in [0.3, 0.4) is 0 Å². The first-order chi connectivity index (χ1) is 8.79. The van der Waals surface area contributed by atoms with Crippen molar-refractivity contribution in [1.29, 1.82) is 0 Å². The van der Waals surface area contributed by atoms with E-state index >= 15 is 0 Å². The predicted octanol–water partition coefficient (Wildman–Crippen LogP) is 2.64. The van der Waals surface area contributed by atoms with Gasteiger partial charge in [-0.15, -0.1) is 0 Å². The SMILES string of the molecule is N[C@@H]1CCN(C(=O)c2ccc(Br)cc2C(F)(F)F)C1. The zero-order valence-electron chi connectivity index (χ0n) is 9.88. The molecule has 1 atom stereocenters. The topological polar surface area (TPSA) is 46.3 Å². The fraction of sp³-hybridized carbons (Fsp3) is 0.417. The zero-order chi connectivity index (χ0) is 14.2. The number of hydrogen-bond acceptors (Lipinski definition) is 2. The summed E-state index contributed by atoms with van der Waals surface area (Å²) in [6, 6.07) is 3.38. The van der Waals surface area contributed by atoms with Gasteiger partial charge in [0.25, 0.3) is 5.91 Å². The van der Waals surface area contributed by atoms with Gasteiger partial charge in [-0.3, -0.25) is 4.79 Å². The molecule has 1 fully saturated rings. The Balaban J connectivity index is 2.36. The number of benzene rings is 1. The van der Waals surface area contributed by atoms with Crippen molar-refractivity contribution >= 4 is 21.8 Å². The van der Waals surface area contributed by atoms with Crippen molar-refractivity contribution in [3.63, 3.8) is 0 Å². The molecule has 0 radical (unpaired) electrons. The lowest BCUT2D eigenvalue weighted by molar-refractivity contribution is -0.138. The van der Waals surface area contributed by atoms with Gasteiger partial charge in [0, 0.05) is 23.6 Å². The number of carbonyl (C=O) groups is 1. The second-order valence-electron chi connectivity index (χ2n) is 4.49. The summed E-state index contributed by atoms with van der Waals surface area (Å²) in [6.45, 7) is 0.694. The quantitative estimate of drug-likeness (QED) is 0.856. The fourth-order valence-electron chi connectivity index (χ4n) is 2.08. The molecule has 1 aliphatic rings. The van der Waals surface area contributed by atoms with Crippen molar-refractivity contribution in [3.8, 4) is 0 Å². The summed E-state index contributed by atoms with van der Waals surface area (Å²) in [5.41, 5.74) is 4.41.